The molecule has 0 heteroatoms. The van der Waals surface area contributed by atoms with E-state index in [-0.39, 0.29) is 0 Å². The van der Waals surface area contributed by atoms with Crippen molar-refractivity contribution in [2.45, 2.75) is 70.6 Å². The second-order valence-electron chi connectivity index (χ2n) is 6.49. The molecule has 0 N–H and O–H groups in total. The van der Waals surface area contributed by atoms with Crippen LogP contribution >= 0.6 is 0 Å². The Labute approximate surface area is 113 Å². The predicted molar refractivity (Wildman–Crippen MR) is 79.9 cm³/mol. The molecule has 0 nitrogen and oxygen atoms in total. The first-order valence-electron chi connectivity index (χ1n) is 7.78. The summed E-state index contributed by atoms with van der Waals surface area (Å²) in [5, 5.41) is 0. The fraction of sp³-hybridized carbons (Fsp3) is 0.667. The second-order valence-corrected chi connectivity index (χ2v) is 6.49. The molecule has 100 valence electrons. The van der Waals surface area contributed by atoms with Gasteiger partial charge in [0.15, 0.2) is 0 Å². The first-order valence-corrected chi connectivity index (χ1v) is 7.78. The van der Waals surface area contributed by atoms with E-state index in [0.717, 1.165) is 5.92 Å². The van der Waals surface area contributed by atoms with Crippen molar-refractivity contribution in [1.82, 2.24) is 0 Å². The first-order chi connectivity index (χ1) is 8.73. The monoisotopic (exact) mass is 244 g/mol. The van der Waals surface area contributed by atoms with E-state index in [1.807, 2.05) is 0 Å². The maximum Gasteiger partial charge on any atom is -0.00470 e. The van der Waals surface area contributed by atoms with Gasteiger partial charge in [-0.25, -0.2) is 0 Å². The third kappa shape index (κ3) is 3.37. The number of hydrogen-bond donors (Lipinski definition) is 0. The van der Waals surface area contributed by atoms with Gasteiger partial charge in [-0.2, -0.15) is 0 Å². The zero-order valence-corrected chi connectivity index (χ0v) is 12.1. The lowest BCUT2D eigenvalue weighted by Gasteiger charge is -2.38. The van der Waals surface area contributed by atoms with E-state index in [0.29, 0.717) is 5.41 Å². The van der Waals surface area contributed by atoms with Crippen molar-refractivity contribution in [1.29, 1.82) is 0 Å². The summed E-state index contributed by atoms with van der Waals surface area (Å²) in [4.78, 5) is 0. The van der Waals surface area contributed by atoms with Crippen molar-refractivity contribution in [2.24, 2.45) is 5.92 Å². The SMILES string of the molecule is CC(C)CCCC1(c2ccccc2)CCCCC1. The highest BCUT2D eigenvalue weighted by Gasteiger charge is 2.32. The molecule has 1 aliphatic rings. The molecule has 1 saturated carbocycles. The lowest BCUT2D eigenvalue weighted by molar-refractivity contribution is 0.262. The van der Waals surface area contributed by atoms with Gasteiger partial charge in [-0.3, -0.25) is 0 Å². The molecule has 0 aromatic heterocycles. The fourth-order valence-corrected chi connectivity index (χ4v) is 3.55. The molecule has 1 aromatic rings. The van der Waals surface area contributed by atoms with Crippen molar-refractivity contribution in [3.8, 4) is 0 Å². The molecule has 1 aliphatic carbocycles. The molecule has 0 radical (unpaired) electrons. The summed E-state index contributed by atoms with van der Waals surface area (Å²) in [6, 6.07) is 11.3. The average Bonchev–Trinajstić information content (AvgIpc) is 2.40. The van der Waals surface area contributed by atoms with Gasteiger partial charge < -0.3 is 0 Å². The fourth-order valence-electron chi connectivity index (χ4n) is 3.55. The lowest BCUT2D eigenvalue weighted by atomic mass is 9.66. The van der Waals surface area contributed by atoms with Crippen LogP contribution in [0.15, 0.2) is 30.3 Å². The molecule has 0 heterocycles. The van der Waals surface area contributed by atoms with E-state index in [9.17, 15) is 0 Å². The highest BCUT2D eigenvalue weighted by Crippen LogP contribution is 2.43. The van der Waals surface area contributed by atoms with Crippen LogP contribution in [-0.2, 0) is 5.41 Å². The summed E-state index contributed by atoms with van der Waals surface area (Å²) in [7, 11) is 0. The summed E-state index contributed by atoms with van der Waals surface area (Å²) in [5.74, 6) is 0.849. The summed E-state index contributed by atoms with van der Waals surface area (Å²) in [5.41, 5.74) is 2.11. The normalized spacial score (nSPS) is 19.1. The molecule has 0 saturated heterocycles. The smallest absolute Gasteiger partial charge is 0.00470 e. The van der Waals surface area contributed by atoms with Crippen LogP contribution in [0.2, 0.25) is 0 Å². The number of rotatable bonds is 5. The Bertz CT molecular complexity index is 330. The van der Waals surface area contributed by atoms with Gasteiger partial charge in [-0.1, -0.05) is 76.3 Å². The molecule has 0 atom stereocenters. The van der Waals surface area contributed by atoms with Gasteiger partial charge >= 0.3 is 0 Å². The van der Waals surface area contributed by atoms with Crippen molar-refractivity contribution in [3.05, 3.63) is 35.9 Å². The summed E-state index contributed by atoms with van der Waals surface area (Å²) in [6.45, 7) is 4.69. The highest BCUT2D eigenvalue weighted by molar-refractivity contribution is 5.25. The Morgan fingerprint density at radius 1 is 1.00 bits per heavy atom. The molecular formula is C18H28. The van der Waals surface area contributed by atoms with Gasteiger partial charge in [0.1, 0.15) is 0 Å². The van der Waals surface area contributed by atoms with Crippen molar-refractivity contribution in [3.63, 3.8) is 0 Å². The van der Waals surface area contributed by atoms with Gasteiger partial charge in [-0.15, -0.1) is 0 Å². The minimum absolute atomic E-state index is 0.508. The molecule has 1 fully saturated rings. The topological polar surface area (TPSA) is 0 Å². The third-order valence-corrected chi connectivity index (χ3v) is 4.63. The van der Waals surface area contributed by atoms with Crippen LogP contribution in [0, 0.1) is 5.92 Å². The second kappa shape index (κ2) is 6.41. The molecule has 2 rings (SSSR count). The van der Waals surface area contributed by atoms with E-state index >= 15 is 0 Å². The summed E-state index contributed by atoms with van der Waals surface area (Å²) < 4.78 is 0. The molecule has 18 heavy (non-hydrogen) atoms. The van der Waals surface area contributed by atoms with Gasteiger partial charge in [0.05, 0.1) is 0 Å². The zero-order valence-electron chi connectivity index (χ0n) is 12.1. The van der Waals surface area contributed by atoms with Gasteiger partial charge in [-0.05, 0) is 36.2 Å². The quantitative estimate of drug-likeness (QED) is 0.622. The Morgan fingerprint density at radius 2 is 1.67 bits per heavy atom. The highest BCUT2D eigenvalue weighted by atomic mass is 14.4. The average molecular weight is 244 g/mol. The molecule has 0 aliphatic heterocycles. The maximum absolute atomic E-state index is 2.36. The van der Waals surface area contributed by atoms with E-state index in [1.54, 1.807) is 5.56 Å². The van der Waals surface area contributed by atoms with Crippen LogP contribution < -0.4 is 0 Å². The molecular weight excluding hydrogens is 216 g/mol. The van der Waals surface area contributed by atoms with Crippen LogP contribution in [0.4, 0.5) is 0 Å². The Hall–Kier alpha value is -0.780. The van der Waals surface area contributed by atoms with Gasteiger partial charge in [0.2, 0.25) is 0 Å². The zero-order chi connectivity index (χ0) is 12.8. The van der Waals surface area contributed by atoms with Crippen molar-refractivity contribution in [2.75, 3.05) is 0 Å². The van der Waals surface area contributed by atoms with Crippen LogP contribution in [0.25, 0.3) is 0 Å². The number of hydrogen-bond acceptors (Lipinski definition) is 0. The largest absolute Gasteiger partial charge is 0.0628 e. The third-order valence-electron chi connectivity index (χ3n) is 4.63. The predicted octanol–water partition coefficient (Wildman–Crippen LogP) is 5.71. The van der Waals surface area contributed by atoms with Crippen molar-refractivity contribution >= 4 is 0 Å². The van der Waals surface area contributed by atoms with Crippen molar-refractivity contribution < 1.29 is 0 Å². The van der Waals surface area contributed by atoms with E-state index < -0.39 is 0 Å². The molecule has 0 bridgehead atoms. The molecule has 1 aromatic carbocycles. The Balaban J connectivity index is 2.08. The number of benzene rings is 1. The first kappa shape index (κ1) is 13.6. The van der Waals surface area contributed by atoms with Crippen LogP contribution in [0.5, 0.6) is 0 Å². The van der Waals surface area contributed by atoms with E-state index in [4.69, 9.17) is 0 Å². The molecule has 0 spiro atoms. The standard InChI is InChI=1S/C18H28/c1-16(2)10-9-15-18(13-7-4-8-14-18)17-11-5-3-6-12-17/h3,5-6,11-12,16H,4,7-10,13-15H2,1-2H3. The minimum atomic E-state index is 0.508. The van der Waals surface area contributed by atoms with Gasteiger partial charge in [0, 0.05) is 0 Å². The van der Waals surface area contributed by atoms with Crippen LogP contribution in [0.3, 0.4) is 0 Å². The van der Waals surface area contributed by atoms with Crippen LogP contribution in [-0.4, -0.2) is 0 Å². The lowest BCUT2D eigenvalue weighted by Crippen LogP contribution is -2.29. The summed E-state index contributed by atoms with van der Waals surface area (Å²) >= 11 is 0. The molecule has 0 unspecified atom stereocenters. The van der Waals surface area contributed by atoms with E-state index in [2.05, 4.69) is 44.2 Å². The maximum atomic E-state index is 2.36. The Morgan fingerprint density at radius 3 is 2.28 bits per heavy atom. The van der Waals surface area contributed by atoms with Gasteiger partial charge in [0.25, 0.3) is 0 Å². The Kier molecular flexibility index (Phi) is 4.86. The minimum Gasteiger partial charge on any atom is -0.0628 e. The van der Waals surface area contributed by atoms with E-state index in [1.165, 1.54) is 51.4 Å². The molecule has 0 amide bonds. The summed E-state index contributed by atoms with van der Waals surface area (Å²) in [6.07, 6.45) is 11.3. The van der Waals surface area contributed by atoms with Crippen LogP contribution in [0.1, 0.15) is 70.8 Å².